The summed E-state index contributed by atoms with van der Waals surface area (Å²) in [4.78, 5) is 0. The summed E-state index contributed by atoms with van der Waals surface area (Å²) in [6.45, 7) is 2.29. The summed E-state index contributed by atoms with van der Waals surface area (Å²) in [5.41, 5.74) is 0. The number of alkyl halides is 3. The maximum absolute atomic E-state index is 3.55. The van der Waals surface area contributed by atoms with Crippen molar-refractivity contribution < 1.29 is 0 Å². The summed E-state index contributed by atoms with van der Waals surface area (Å²) < 4.78 is -0.0230. The van der Waals surface area contributed by atoms with Gasteiger partial charge in [-0.2, -0.15) is 0 Å². The van der Waals surface area contributed by atoms with Crippen LogP contribution < -0.4 is 0 Å². The lowest BCUT2D eigenvalue weighted by atomic mass is 10.0. The van der Waals surface area contributed by atoms with E-state index >= 15 is 0 Å². The Kier molecular flexibility index (Phi) is 15.5. The molecule has 0 bridgehead atoms. The fourth-order valence-corrected chi connectivity index (χ4v) is 3.18. The first kappa shape index (κ1) is 20.4. The molecule has 0 rings (SSSR count). The first-order valence-corrected chi connectivity index (χ1v) is 10.5. The minimum absolute atomic E-state index is 0.0230. The predicted molar refractivity (Wildman–Crippen MR) is 99.8 cm³/mol. The second-order valence-electron chi connectivity index (χ2n) is 5.61. The van der Waals surface area contributed by atoms with Crippen molar-refractivity contribution in [2.45, 2.75) is 99.0 Å². The molecule has 0 aliphatic carbocycles. The molecule has 0 unspecified atom stereocenters. The molecule has 0 atom stereocenters. The highest BCUT2D eigenvalue weighted by Gasteiger charge is 2.15. The van der Waals surface area contributed by atoms with Gasteiger partial charge >= 0.3 is 0 Å². The fraction of sp³-hybridized carbons (Fsp3) is 1.00. The molecule has 116 valence electrons. The Balaban J connectivity index is 2.99. The Morgan fingerprint density at radius 3 is 1.16 bits per heavy atom. The highest BCUT2D eigenvalue weighted by molar-refractivity contribution is 9.39. The molecule has 0 radical (unpaired) electrons. The molecule has 0 spiro atoms. The minimum atomic E-state index is -0.0230. The van der Waals surface area contributed by atoms with Gasteiger partial charge in [-0.15, -0.1) is 0 Å². The van der Waals surface area contributed by atoms with Gasteiger partial charge in [0.25, 0.3) is 0 Å². The monoisotopic (exact) mass is 460 g/mol. The lowest BCUT2D eigenvalue weighted by Crippen LogP contribution is -1.98. The average molecular weight is 463 g/mol. The van der Waals surface area contributed by atoms with E-state index in [1.165, 1.54) is 83.5 Å². The van der Waals surface area contributed by atoms with Gasteiger partial charge in [-0.05, 0) is 6.42 Å². The highest BCUT2D eigenvalue weighted by Crippen LogP contribution is 2.38. The fourth-order valence-electron chi connectivity index (χ4n) is 2.34. The molecule has 0 amide bonds. The molecule has 3 heteroatoms. The second kappa shape index (κ2) is 14.4. The normalized spacial score (nSPS) is 12.0. The van der Waals surface area contributed by atoms with E-state index in [0.717, 1.165) is 6.42 Å². The summed E-state index contributed by atoms with van der Waals surface area (Å²) in [5.74, 6) is 0. The van der Waals surface area contributed by atoms with Gasteiger partial charge in [-0.25, -0.2) is 0 Å². The standard InChI is InChI=1S/C16H31Br3/c1-2-3-4-5-6-7-8-9-10-11-12-13-14-15-16(17,18)19/h2-15H2,1H3. The van der Waals surface area contributed by atoms with E-state index in [0.29, 0.717) is 0 Å². The van der Waals surface area contributed by atoms with Crippen molar-refractivity contribution in [3.05, 3.63) is 0 Å². The Morgan fingerprint density at radius 2 is 0.842 bits per heavy atom. The smallest absolute Gasteiger partial charge is 0.0654 e. The van der Waals surface area contributed by atoms with Crippen LogP contribution in [0, 0.1) is 0 Å². The molecule has 0 N–H and O–H groups in total. The Labute approximate surface area is 146 Å². The molecule has 19 heavy (non-hydrogen) atoms. The van der Waals surface area contributed by atoms with Gasteiger partial charge in [0, 0.05) is 0 Å². The number of hydrogen-bond donors (Lipinski definition) is 0. The van der Waals surface area contributed by atoms with Gasteiger partial charge in [0.15, 0.2) is 0 Å². The van der Waals surface area contributed by atoms with Crippen LogP contribution in [0.5, 0.6) is 0 Å². The molecule has 0 saturated carbocycles. The van der Waals surface area contributed by atoms with Gasteiger partial charge in [0.2, 0.25) is 0 Å². The zero-order valence-electron chi connectivity index (χ0n) is 12.5. The van der Waals surface area contributed by atoms with Crippen LogP contribution in [0.2, 0.25) is 0 Å². The van der Waals surface area contributed by atoms with Crippen molar-refractivity contribution in [1.29, 1.82) is 0 Å². The van der Waals surface area contributed by atoms with Crippen LogP contribution in [0.25, 0.3) is 0 Å². The third-order valence-corrected chi connectivity index (χ3v) is 4.75. The van der Waals surface area contributed by atoms with Crippen molar-refractivity contribution in [2.24, 2.45) is 0 Å². The molecule has 0 aliphatic rings. The zero-order chi connectivity index (χ0) is 14.4. The van der Waals surface area contributed by atoms with Crippen LogP contribution in [-0.2, 0) is 0 Å². The van der Waals surface area contributed by atoms with Crippen LogP contribution >= 0.6 is 47.8 Å². The number of hydrogen-bond acceptors (Lipinski definition) is 0. The predicted octanol–water partition coefficient (Wildman–Crippen LogP) is 8.31. The molecule has 0 aliphatic heterocycles. The summed E-state index contributed by atoms with van der Waals surface area (Å²) in [7, 11) is 0. The third-order valence-electron chi connectivity index (χ3n) is 3.56. The molecule has 0 aromatic carbocycles. The van der Waals surface area contributed by atoms with E-state index in [2.05, 4.69) is 54.7 Å². The summed E-state index contributed by atoms with van der Waals surface area (Å²) in [6.07, 6.45) is 19.6. The Bertz CT molecular complexity index is 175. The van der Waals surface area contributed by atoms with Crippen molar-refractivity contribution in [3.63, 3.8) is 0 Å². The Hall–Kier alpha value is 1.44. The quantitative estimate of drug-likeness (QED) is 0.190. The number of halogens is 3. The van der Waals surface area contributed by atoms with Crippen LogP contribution in [-0.4, -0.2) is 2.14 Å². The van der Waals surface area contributed by atoms with E-state index in [1.807, 2.05) is 0 Å². The van der Waals surface area contributed by atoms with Crippen molar-refractivity contribution >= 4 is 47.8 Å². The van der Waals surface area contributed by atoms with Crippen molar-refractivity contribution in [2.75, 3.05) is 0 Å². The van der Waals surface area contributed by atoms with Gasteiger partial charge < -0.3 is 0 Å². The minimum Gasteiger partial charge on any atom is -0.0654 e. The first-order chi connectivity index (χ1) is 9.06. The molecule has 0 aromatic heterocycles. The molecule has 0 nitrogen and oxygen atoms in total. The zero-order valence-corrected chi connectivity index (χ0v) is 17.3. The topological polar surface area (TPSA) is 0 Å². The van der Waals surface area contributed by atoms with Crippen LogP contribution in [0.4, 0.5) is 0 Å². The number of rotatable bonds is 13. The largest absolute Gasteiger partial charge is 0.135 e. The third kappa shape index (κ3) is 19.4. The number of unbranched alkanes of at least 4 members (excludes halogenated alkanes) is 12. The second-order valence-corrected chi connectivity index (χ2v) is 12.9. The molecule has 0 fully saturated rings. The van der Waals surface area contributed by atoms with E-state index in [-0.39, 0.29) is 2.14 Å². The van der Waals surface area contributed by atoms with Gasteiger partial charge in [0.1, 0.15) is 2.14 Å². The lowest BCUT2D eigenvalue weighted by molar-refractivity contribution is 0.537. The van der Waals surface area contributed by atoms with Gasteiger partial charge in [0.05, 0.1) is 0 Å². The molecule has 0 saturated heterocycles. The SMILES string of the molecule is CCCCCCCCCCCCCCCC(Br)(Br)Br. The van der Waals surface area contributed by atoms with Crippen molar-refractivity contribution in [3.8, 4) is 0 Å². The van der Waals surface area contributed by atoms with E-state index < -0.39 is 0 Å². The highest BCUT2D eigenvalue weighted by atomic mass is 80.0. The van der Waals surface area contributed by atoms with E-state index in [1.54, 1.807) is 0 Å². The molecular formula is C16H31Br3. The van der Waals surface area contributed by atoms with Crippen molar-refractivity contribution in [1.82, 2.24) is 0 Å². The average Bonchev–Trinajstić information content (AvgIpc) is 2.34. The molecular weight excluding hydrogens is 432 g/mol. The van der Waals surface area contributed by atoms with Gasteiger partial charge in [-0.1, -0.05) is 138 Å². The van der Waals surface area contributed by atoms with E-state index in [4.69, 9.17) is 0 Å². The van der Waals surface area contributed by atoms with Crippen LogP contribution in [0.1, 0.15) is 96.8 Å². The van der Waals surface area contributed by atoms with Crippen LogP contribution in [0.3, 0.4) is 0 Å². The Morgan fingerprint density at radius 1 is 0.526 bits per heavy atom. The molecule has 0 aromatic rings. The molecule has 0 heterocycles. The lowest BCUT2D eigenvalue weighted by Gasteiger charge is -2.10. The summed E-state index contributed by atoms with van der Waals surface area (Å²) in [5, 5.41) is 0. The summed E-state index contributed by atoms with van der Waals surface area (Å²) >= 11 is 10.6. The maximum Gasteiger partial charge on any atom is 0.135 e. The summed E-state index contributed by atoms with van der Waals surface area (Å²) in [6, 6.07) is 0. The van der Waals surface area contributed by atoms with Crippen LogP contribution in [0.15, 0.2) is 0 Å². The van der Waals surface area contributed by atoms with Gasteiger partial charge in [-0.3, -0.25) is 0 Å². The first-order valence-electron chi connectivity index (χ1n) is 8.13. The van der Waals surface area contributed by atoms with E-state index in [9.17, 15) is 0 Å². The maximum atomic E-state index is 3.55.